The number of esters is 1. The minimum atomic E-state index is -3.80. The number of carbonyl (C=O) groups is 1. The average Bonchev–Trinajstić information content (AvgIpc) is 3.13. The number of methoxy groups -OCH3 is 2. The van der Waals surface area contributed by atoms with Gasteiger partial charge in [-0.25, -0.2) is 13.2 Å². The van der Waals surface area contributed by atoms with Crippen LogP contribution in [0.3, 0.4) is 0 Å². The second-order valence-electron chi connectivity index (χ2n) is 6.21. The van der Waals surface area contributed by atoms with Gasteiger partial charge < -0.3 is 9.47 Å². The first-order chi connectivity index (χ1) is 12.9. The van der Waals surface area contributed by atoms with Gasteiger partial charge >= 0.3 is 5.97 Å². The molecule has 0 spiro atoms. The highest BCUT2D eigenvalue weighted by molar-refractivity contribution is 7.89. The van der Waals surface area contributed by atoms with Crippen LogP contribution < -0.4 is 4.74 Å². The lowest BCUT2D eigenvalue weighted by Gasteiger charge is -2.26. The van der Waals surface area contributed by atoms with E-state index in [0.717, 1.165) is 5.56 Å². The summed E-state index contributed by atoms with van der Waals surface area (Å²) in [5, 5.41) is 0. The van der Waals surface area contributed by atoms with Crippen molar-refractivity contribution in [1.29, 1.82) is 0 Å². The van der Waals surface area contributed by atoms with Gasteiger partial charge in [0.2, 0.25) is 10.0 Å². The SMILES string of the molecule is COC(=O)C1=CCN(S(=O)(=O)c2ccc(C)cc2)C1c1ccc(OC)cc1. The number of carbonyl (C=O) groups excluding carboxylic acids is 1. The molecule has 1 unspecified atom stereocenters. The Bertz CT molecular complexity index is 962. The second-order valence-corrected chi connectivity index (χ2v) is 8.11. The van der Waals surface area contributed by atoms with E-state index in [1.807, 2.05) is 6.92 Å². The Balaban J connectivity index is 2.05. The van der Waals surface area contributed by atoms with Gasteiger partial charge in [-0.3, -0.25) is 0 Å². The van der Waals surface area contributed by atoms with E-state index < -0.39 is 22.0 Å². The Morgan fingerprint density at radius 1 is 1.04 bits per heavy atom. The zero-order valence-electron chi connectivity index (χ0n) is 15.4. The normalized spacial score (nSPS) is 17.4. The predicted molar refractivity (Wildman–Crippen MR) is 101 cm³/mol. The average molecular weight is 387 g/mol. The van der Waals surface area contributed by atoms with Gasteiger partial charge in [0, 0.05) is 6.54 Å². The van der Waals surface area contributed by atoms with Gasteiger partial charge in [-0.2, -0.15) is 4.31 Å². The minimum Gasteiger partial charge on any atom is -0.497 e. The molecule has 27 heavy (non-hydrogen) atoms. The van der Waals surface area contributed by atoms with Crippen molar-refractivity contribution < 1.29 is 22.7 Å². The van der Waals surface area contributed by atoms with Gasteiger partial charge in [0.25, 0.3) is 0 Å². The molecule has 0 aliphatic carbocycles. The van der Waals surface area contributed by atoms with Crippen molar-refractivity contribution in [3.8, 4) is 5.75 Å². The number of hydrogen-bond acceptors (Lipinski definition) is 5. The first-order valence-corrected chi connectivity index (χ1v) is 9.83. The molecule has 1 aliphatic heterocycles. The topological polar surface area (TPSA) is 72.9 Å². The molecule has 0 saturated heterocycles. The summed E-state index contributed by atoms with van der Waals surface area (Å²) < 4.78 is 37.8. The summed E-state index contributed by atoms with van der Waals surface area (Å²) >= 11 is 0. The highest BCUT2D eigenvalue weighted by Crippen LogP contribution is 2.38. The first kappa shape index (κ1) is 19.1. The lowest BCUT2D eigenvalue weighted by atomic mass is 10.0. The van der Waals surface area contributed by atoms with Gasteiger partial charge in [-0.1, -0.05) is 35.9 Å². The summed E-state index contributed by atoms with van der Waals surface area (Å²) in [6.07, 6.45) is 1.60. The maximum atomic E-state index is 13.2. The summed E-state index contributed by atoms with van der Waals surface area (Å²) in [6, 6.07) is 12.9. The molecular formula is C20H21NO5S. The van der Waals surface area contributed by atoms with E-state index in [0.29, 0.717) is 16.9 Å². The molecule has 1 aliphatic rings. The highest BCUT2D eigenvalue weighted by Gasteiger charge is 2.40. The van der Waals surface area contributed by atoms with Gasteiger partial charge in [0.1, 0.15) is 5.75 Å². The van der Waals surface area contributed by atoms with Gasteiger partial charge in [0.15, 0.2) is 0 Å². The van der Waals surface area contributed by atoms with E-state index in [1.54, 1.807) is 61.7 Å². The van der Waals surface area contributed by atoms with Crippen LogP contribution in [-0.4, -0.2) is 39.5 Å². The number of rotatable bonds is 5. The van der Waals surface area contributed by atoms with E-state index in [9.17, 15) is 13.2 Å². The number of sulfonamides is 1. The molecule has 2 aromatic carbocycles. The Kier molecular flexibility index (Phi) is 5.34. The Labute approximate surface area is 159 Å². The summed E-state index contributed by atoms with van der Waals surface area (Å²) in [5.74, 6) is 0.103. The molecule has 7 heteroatoms. The van der Waals surface area contributed by atoms with Crippen molar-refractivity contribution in [3.63, 3.8) is 0 Å². The maximum absolute atomic E-state index is 13.2. The molecule has 0 aromatic heterocycles. The molecular weight excluding hydrogens is 366 g/mol. The maximum Gasteiger partial charge on any atom is 0.335 e. The molecule has 0 radical (unpaired) electrons. The largest absolute Gasteiger partial charge is 0.497 e. The van der Waals surface area contributed by atoms with Crippen molar-refractivity contribution >= 4 is 16.0 Å². The van der Waals surface area contributed by atoms with E-state index in [-0.39, 0.29) is 11.4 Å². The standard InChI is InChI=1S/C20H21NO5S/c1-14-4-10-17(11-5-14)27(23,24)21-13-12-18(20(22)26-3)19(21)15-6-8-16(25-2)9-7-15/h4-12,19H,13H2,1-3H3. The number of nitrogens with zero attached hydrogens (tertiary/aromatic N) is 1. The van der Waals surface area contributed by atoms with Crippen LogP contribution in [-0.2, 0) is 19.6 Å². The number of hydrogen-bond donors (Lipinski definition) is 0. The molecule has 3 rings (SSSR count). The molecule has 6 nitrogen and oxygen atoms in total. The third-order valence-corrected chi connectivity index (χ3v) is 6.40. The Hall–Kier alpha value is -2.64. The predicted octanol–water partition coefficient (Wildman–Crippen LogP) is 2.85. The van der Waals surface area contributed by atoms with Crippen molar-refractivity contribution in [1.82, 2.24) is 4.31 Å². The molecule has 2 aromatic rings. The van der Waals surface area contributed by atoms with Crippen LogP contribution in [0.15, 0.2) is 65.1 Å². The number of benzene rings is 2. The van der Waals surface area contributed by atoms with Crippen LogP contribution in [0.5, 0.6) is 5.75 Å². The van der Waals surface area contributed by atoms with Crippen molar-refractivity contribution in [2.24, 2.45) is 0 Å². The first-order valence-electron chi connectivity index (χ1n) is 8.39. The summed E-state index contributed by atoms with van der Waals surface area (Å²) in [4.78, 5) is 12.4. The zero-order valence-corrected chi connectivity index (χ0v) is 16.2. The second kappa shape index (κ2) is 7.54. The highest BCUT2D eigenvalue weighted by atomic mass is 32.2. The fourth-order valence-electron chi connectivity index (χ4n) is 3.09. The molecule has 0 fully saturated rings. The summed E-state index contributed by atoms with van der Waals surface area (Å²) in [7, 11) is -0.964. The van der Waals surface area contributed by atoms with Gasteiger partial charge in [0.05, 0.1) is 30.7 Å². The molecule has 142 valence electrons. The van der Waals surface area contributed by atoms with E-state index in [4.69, 9.17) is 9.47 Å². The monoisotopic (exact) mass is 387 g/mol. The third-order valence-electron chi connectivity index (χ3n) is 4.55. The van der Waals surface area contributed by atoms with Crippen LogP contribution in [0.25, 0.3) is 0 Å². The quantitative estimate of drug-likeness (QED) is 0.738. The lowest BCUT2D eigenvalue weighted by Crippen LogP contribution is -2.33. The van der Waals surface area contributed by atoms with Gasteiger partial charge in [-0.15, -0.1) is 0 Å². The fraction of sp³-hybridized carbons (Fsp3) is 0.250. The van der Waals surface area contributed by atoms with Crippen molar-refractivity contribution in [3.05, 3.63) is 71.3 Å². The van der Waals surface area contributed by atoms with E-state index in [1.165, 1.54) is 11.4 Å². The van der Waals surface area contributed by atoms with Crippen molar-refractivity contribution in [2.75, 3.05) is 20.8 Å². The lowest BCUT2D eigenvalue weighted by molar-refractivity contribution is -0.136. The van der Waals surface area contributed by atoms with Crippen LogP contribution >= 0.6 is 0 Å². The van der Waals surface area contributed by atoms with E-state index in [2.05, 4.69) is 0 Å². The molecule has 0 N–H and O–H groups in total. The Morgan fingerprint density at radius 3 is 2.22 bits per heavy atom. The van der Waals surface area contributed by atoms with Crippen LogP contribution in [0, 0.1) is 6.92 Å². The molecule has 0 bridgehead atoms. The molecule has 0 amide bonds. The van der Waals surface area contributed by atoms with Crippen molar-refractivity contribution in [2.45, 2.75) is 17.9 Å². The van der Waals surface area contributed by atoms with E-state index >= 15 is 0 Å². The molecule has 1 atom stereocenters. The van der Waals surface area contributed by atoms with Gasteiger partial charge in [-0.05, 0) is 36.8 Å². The van der Waals surface area contributed by atoms with Crippen LogP contribution in [0.1, 0.15) is 17.2 Å². The van der Waals surface area contributed by atoms with Crippen LogP contribution in [0.4, 0.5) is 0 Å². The fourth-order valence-corrected chi connectivity index (χ4v) is 4.62. The summed E-state index contributed by atoms with van der Waals surface area (Å²) in [5.41, 5.74) is 1.94. The zero-order chi connectivity index (χ0) is 19.6. The summed E-state index contributed by atoms with van der Waals surface area (Å²) in [6.45, 7) is 1.99. The smallest absolute Gasteiger partial charge is 0.335 e. The number of aryl methyl sites for hydroxylation is 1. The Morgan fingerprint density at radius 2 is 1.67 bits per heavy atom. The van der Waals surface area contributed by atoms with Crippen LogP contribution in [0.2, 0.25) is 0 Å². The third kappa shape index (κ3) is 3.61. The molecule has 0 saturated carbocycles. The molecule has 1 heterocycles. The number of ether oxygens (including phenoxy) is 2. The minimum absolute atomic E-state index is 0.0946.